The summed E-state index contributed by atoms with van der Waals surface area (Å²) in [5, 5.41) is 21.7. The molecule has 0 spiro atoms. The maximum atomic E-state index is 12.9. The molecule has 3 rings (SSSR count). The Kier molecular flexibility index (Phi) is 4.46. The van der Waals surface area contributed by atoms with Crippen molar-refractivity contribution in [3.8, 4) is 0 Å². The van der Waals surface area contributed by atoms with Crippen LogP contribution in [0.3, 0.4) is 0 Å². The lowest BCUT2D eigenvalue weighted by molar-refractivity contribution is -0.210. The van der Waals surface area contributed by atoms with E-state index in [-0.39, 0.29) is 24.7 Å². The van der Waals surface area contributed by atoms with E-state index in [0.29, 0.717) is 6.42 Å². The van der Waals surface area contributed by atoms with Crippen LogP contribution in [0.2, 0.25) is 0 Å². The van der Waals surface area contributed by atoms with E-state index in [1.807, 2.05) is 6.08 Å². The standard InChI is InChI=1S/C18H27NO6/c1-10(2)13-15(20)25-12-6-8-19-7-5-11(14(12)19)9-24-16(21)18(4,23)17(13,3)22/h5,10,12-14,22-23H,6-9H2,1-4H3/t12-,13-,14-,17+,18+/m1/s1. The molecule has 140 valence electrons. The molecule has 0 aromatic carbocycles. The summed E-state index contributed by atoms with van der Waals surface area (Å²) in [6.45, 7) is 7.54. The molecule has 0 amide bonds. The highest BCUT2D eigenvalue weighted by molar-refractivity contribution is 5.84. The largest absolute Gasteiger partial charge is 0.460 e. The molecule has 2 N–H and O–H groups in total. The number of nitrogens with zero attached hydrogens (tertiary/aromatic N) is 1. The molecule has 2 fully saturated rings. The highest BCUT2D eigenvalue weighted by atomic mass is 16.6. The van der Waals surface area contributed by atoms with E-state index in [2.05, 4.69) is 4.90 Å². The molecule has 0 radical (unpaired) electrons. The topological polar surface area (TPSA) is 96.3 Å². The second kappa shape index (κ2) is 6.07. The van der Waals surface area contributed by atoms with Crippen LogP contribution in [-0.4, -0.2) is 70.1 Å². The van der Waals surface area contributed by atoms with Gasteiger partial charge in [-0.05, 0) is 31.8 Å². The zero-order valence-corrected chi connectivity index (χ0v) is 15.2. The maximum Gasteiger partial charge on any atom is 0.341 e. The first-order valence-corrected chi connectivity index (χ1v) is 8.82. The number of rotatable bonds is 1. The number of carbonyl (C=O) groups excluding carboxylic acids is 2. The van der Waals surface area contributed by atoms with Crippen molar-refractivity contribution >= 4 is 11.9 Å². The molecule has 7 nitrogen and oxygen atoms in total. The molecule has 0 unspecified atom stereocenters. The van der Waals surface area contributed by atoms with Crippen molar-refractivity contribution in [3.05, 3.63) is 11.6 Å². The van der Waals surface area contributed by atoms with E-state index in [9.17, 15) is 19.8 Å². The smallest absolute Gasteiger partial charge is 0.341 e. The minimum Gasteiger partial charge on any atom is -0.460 e. The van der Waals surface area contributed by atoms with Gasteiger partial charge in [-0.2, -0.15) is 0 Å². The van der Waals surface area contributed by atoms with E-state index in [1.54, 1.807) is 13.8 Å². The zero-order chi connectivity index (χ0) is 18.6. The summed E-state index contributed by atoms with van der Waals surface area (Å²) in [4.78, 5) is 27.6. The summed E-state index contributed by atoms with van der Waals surface area (Å²) in [5.41, 5.74) is -3.39. The number of carbonyl (C=O) groups is 2. The normalized spacial score (nSPS) is 42.5. The van der Waals surface area contributed by atoms with Crippen molar-refractivity contribution in [3.63, 3.8) is 0 Å². The number of esters is 2. The fraction of sp³-hybridized carbons (Fsp3) is 0.778. The zero-order valence-electron chi connectivity index (χ0n) is 15.2. The summed E-state index contributed by atoms with van der Waals surface area (Å²) in [6, 6.07) is -0.0995. The first kappa shape index (κ1) is 18.4. The van der Waals surface area contributed by atoms with E-state index < -0.39 is 29.1 Å². The lowest BCUT2D eigenvalue weighted by Gasteiger charge is -2.42. The molecule has 0 bridgehead atoms. The van der Waals surface area contributed by atoms with E-state index >= 15 is 0 Å². The number of hydrogen-bond acceptors (Lipinski definition) is 7. The third-order valence-electron chi connectivity index (χ3n) is 5.96. The van der Waals surface area contributed by atoms with Crippen molar-refractivity contribution in [2.24, 2.45) is 11.8 Å². The molecule has 3 heterocycles. The van der Waals surface area contributed by atoms with Gasteiger partial charge in [0.1, 0.15) is 18.3 Å². The first-order chi connectivity index (χ1) is 11.6. The van der Waals surface area contributed by atoms with Crippen molar-refractivity contribution in [2.75, 3.05) is 19.7 Å². The highest BCUT2D eigenvalue weighted by Crippen LogP contribution is 2.39. The lowest BCUT2D eigenvalue weighted by Crippen LogP contribution is -2.63. The van der Waals surface area contributed by atoms with Gasteiger partial charge in [0.2, 0.25) is 0 Å². The van der Waals surface area contributed by atoms with Gasteiger partial charge in [0.25, 0.3) is 0 Å². The Labute approximate surface area is 147 Å². The molecule has 0 aliphatic carbocycles. The Balaban J connectivity index is 2.02. The molecule has 0 aromatic heterocycles. The highest BCUT2D eigenvalue weighted by Gasteiger charge is 2.58. The summed E-state index contributed by atoms with van der Waals surface area (Å²) in [7, 11) is 0. The summed E-state index contributed by atoms with van der Waals surface area (Å²) in [5.74, 6) is -2.92. The van der Waals surface area contributed by atoms with Gasteiger partial charge in [-0.25, -0.2) is 4.79 Å². The van der Waals surface area contributed by atoms with Crippen LogP contribution >= 0.6 is 0 Å². The minimum atomic E-state index is -2.24. The van der Waals surface area contributed by atoms with Gasteiger partial charge in [0.05, 0.1) is 12.0 Å². The maximum absolute atomic E-state index is 12.9. The molecule has 0 aromatic rings. The number of ether oxygens (including phenoxy) is 2. The SMILES string of the molecule is CC(C)[C@@H]1C(=O)O[C@@H]2CCN3CC=C(COC(=O)[C@](C)(O)[C@@]1(C)O)[C@H]23. The van der Waals surface area contributed by atoms with Crippen molar-refractivity contribution < 1.29 is 29.3 Å². The average Bonchev–Trinajstić information content (AvgIpc) is 3.06. The Hall–Kier alpha value is -1.44. The second-order valence-corrected chi connectivity index (χ2v) is 8.00. The number of hydrogen-bond donors (Lipinski definition) is 2. The number of aliphatic hydroxyl groups is 2. The molecule has 7 heteroatoms. The molecular weight excluding hydrogens is 326 g/mol. The van der Waals surface area contributed by atoms with Crippen LogP contribution < -0.4 is 0 Å². The van der Waals surface area contributed by atoms with E-state index in [1.165, 1.54) is 13.8 Å². The van der Waals surface area contributed by atoms with Gasteiger partial charge in [-0.15, -0.1) is 0 Å². The molecule has 3 aliphatic heterocycles. The van der Waals surface area contributed by atoms with Crippen LogP contribution in [0.25, 0.3) is 0 Å². The van der Waals surface area contributed by atoms with Crippen LogP contribution in [-0.2, 0) is 19.1 Å². The van der Waals surface area contributed by atoms with Gasteiger partial charge >= 0.3 is 11.9 Å². The average molecular weight is 353 g/mol. The molecule has 25 heavy (non-hydrogen) atoms. The van der Waals surface area contributed by atoms with Crippen LogP contribution in [0.15, 0.2) is 11.6 Å². The van der Waals surface area contributed by atoms with Crippen molar-refractivity contribution in [1.82, 2.24) is 4.90 Å². The fourth-order valence-corrected chi connectivity index (χ4v) is 4.30. The Morgan fingerprint density at radius 3 is 2.60 bits per heavy atom. The van der Waals surface area contributed by atoms with Crippen LogP contribution in [0.1, 0.15) is 34.1 Å². The molecule has 3 aliphatic rings. The van der Waals surface area contributed by atoms with Gasteiger partial charge in [0, 0.05) is 13.1 Å². The molecule has 5 atom stereocenters. The van der Waals surface area contributed by atoms with Crippen molar-refractivity contribution in [1.29, 1.82) is 0 Å². The first-order valence-electron chi connectivity index (χ1n) is 8.82. The number of cyclic esters (lactones) is 1. The Morgan fingerprint density at radius 1 is 1.28 bits per heavy atom. The monoisotopic (exact) mass is 353 g/mol. The van der Waals surface area contributed by atoms with Gasteiger partial charge < -0.3 is 19.7 Å². The van der Waals surface area contributed by atoms with Gasteiger partial charge in [-0.1, -0.05) is 19.9 Å². The third-order valence-corrected chi connectivity index (χ3v) is 5.96. The quantitative estimate of drug-likeness (QED) is 0.515. The second-order valence-electron chi connectivity index (χ2n) is 8.00. The predicted octanol–water partition coefficient (Wildman–Crippen LogP) is 0.244. The van der Waals surface area contributed by atoms with Crippen LogP contribution in [0.4, 0.5) is 0 Å². The molecule has 2 saturated heterocycles. The predicted molar refractivity (Wildman–Crippen MR) is 88.5 cm³/mol. The Bertz CT molecular complexity index is 609. The fourth-order valence-electron chi connectivity index (χ4n) is 4.30. The minimum absolute atomic E-state index is 0.0205. The van der Waals surface area contributed by atoms with Crippen molar-refractivity contribution in [2.45, 2.75) is 57.5 Å². The van der Waals surface area contributed by atoms with E-state index in [0.717, 1.165) is 18.7 Å². The van der Waals surface area contributed by atoms with Gasteiger partial charge in [-0.3, -0.25) is 9.69 Å². The third kappa shape index (κ3) is 2.78. The molecular formula is C18H27NO6. The molecule has 0 saturated carbocycles. The lowest BCUT2D eigenvalue weighted by atomic mass is 9.71. The summed E-state index contributed by atoms with van der Waals surface area (Å²) >= 11 is 0. The summed E-state index contributed by atoms with van der Waals surface area (Å²) in [6.07, 6.45) is 2.34. The van der Waals surface area contributed by atoms with Crippen LogP contribution in [0.5, 0.6) is 0 Å². The Morgan fingerprint density at radius 2 is 1.96 bits per heavy atom. The summed E-state index contributed by atoms with van der Waals surface area (Å²) < 4.78 is 11.1. The van der Waals surface area contributed by atoms with Crippen LogP contribution in [0, 0.1) is 11.8 Å². The van der Waals surface area contributed by atoms with Gasteiger partial charge in [0.15, 0.2) is 5.60 Å². The van der Waals surface area contributed by atoms with E-state index in [4.69, 9.17) is 9.47 Å².